The molecule has 0 spiro atoms. The highest BCUT2D eigenvalue weighted by atomic mass is 14.9. The van der Waals surface area contributed by atoms with Crippen molar-refractivity contribution in [3.8, 4) is 0 Å². The highest BCUT2D eigenvalue weighted by Gasteiger charge is 2.03. The number of hydrogen-bond donors (Lipinski definition) is 1. The van der Waals surface area contributed by atoms with Crippen molar-refractivity contribution in [1.82, 2.24) is 4.98 Å². The number of anilines is 1. The van der Waals surface area contributed by atoms with Crippen LogP contribution < -0.4 is 5.32 Å². The van der Waals surface area contributed by atoms with Gasteiger partial charge in [-0.2, -0.15) is 0 Å². The molecule has 0 atom stereocenters. The number of hydrogen-bond acceptors (Lipinski definition) is 2. The van der Waals surface area contributed by atoms with Crippen molar-refractivity contribution in [3.05, 3.63) is 78.0 Å². The summed E-state index contributed by atoms with van der Waals surface area (Å²) in [5.41, 5.74) is 5.58. The summed E-state index contributed by atoms with van der Waals surface area (Å²) in [6.07, 6.45) is 1.85. The second-order valence-corrected chi connectivity index (χ2v) is 5.11. The third-order valence-corrected chi connectivity index (χ3v) is 3.65. The quantitative estimate of drug-likeness (QED) is 0.739. The fourth-order valence-electron chi connectivity index (χ4n) is 2.37. The van der Waals surface area contributed by atoms with Crippen LogP contribution in [0.1, 0.15) is 16.8 Å². The molecule has 2 nitrogen and oxygen atoms in total. The van der Waals surface area contributed by atoms with Gasteiger partial charge in [0.1, 0.15) is 0 Å². The van der Waals surface area contributed by atoms with Crippen LogP contribution in [0.25, 0.3) is 17.0 Å². The molecule has 0 unspecified atom stereocenters. The standard InChI is InChI=1S/C19H18N2/c1-3-15-8-10-18(11-9-15)20-13-17-12-16-6-4-5-7-19(16)21-14(17)2/h3-12,20H,1,13H2,2H3. The predicted molar refractivity (Wildman–Crippen MR) is 90.3 cm³/mol. The van der Waals surface area contributed by atoms with E-state index in [-0.39, 0.29) is 0 Å². The molecule has 0 aliphatic heterocycles. The molecule has 1 N–H and O–H groups in total. The minimum Gasteiger partial charge on any atom is -0.381 e. The van der Waals surface area contributed by atoms with Gasteiger partial charge in [0.15, 0.2) is 0 Å². The van der Waals surface area contributed by atoms with Gasteiger partial charge in [-0.3, -0.25) is 4.98 Å². The van der Waals surface area contributed by atoms with Gasteiger partial charge in [-0.1, -0.05) is 43.0 Å². The number of benzene rings is 2. The summed E-state index contributed by atoms with van der Waals surface area (Å²) < 4.78 is 0. The van der Waals surface area contributed by atoms with Gasteiger partial charge in [-0.05, 0) is 42.3 Å². The van der Waals surface area contributed by atoms with Gasteiger partial charge in [0.2, 0.25) is 0 Å². The lowest BCUT2D eigenvalue weighted by Gasteiger charge is -2.10. The molecule has 1 aromatic heterocycles. The lowest BCUT2D eigenvalue weighted by molar-refractivity contribution is 1.08. The lowest BCUT2D eigenvalue weighted by atomic mass is 10.1. The van der Waals surface area contributed by atoms with Gasteiger partial charge in [0, 0.05) is 23.3 Å². The zero-order valence-electron chi connectivity index (χ0n) is 12.1. The second-order valence-electron chi connectivity index (χ2n) is 5.11. The van der Waals surface area contributed by atoms with Crippen LogP contribution in [0.3, 0.4) is 0 Å². The van der Waals surface area contributed by atoms with E-state index in [1.54, 1.807) is 0 Å². The number of aryl methyl sites for hydroxylation is 1. The average Bonchev–Trinajstić information content (AvgIpc) is 2.53. The Balaban J connectivity index is 1.80. The van der Waals surface area contributed by atoms with Gasteiger partial charge in [-0.15, -0.1) is 0 Å². The molecule has 3 aromatic rings. The van der Waals surface area contributed by atoms with Crippen molar-refractivity contribution in [2.75, 3.05) is 5.32 Å². The van der Waals surface area contributed by atoms with Crippen LogP contribution in [0.4, 0.5) is 5.69 Å². The van der Waals surface area contributed by atoms with Crippen molar-refractivity contribution in [2.24, 2.45) is 0 Å². The molecule has 0 radical (unpaired) electrons. The summed E-state index contributed by atoms with van der Waals surface area (Å²) in [6.45, 7) is 6.60. The molecule has 0 aliphatic carbocycles. The first-order valence-electron chi connectivity index (χ1n) is 7.08. The molecule has 0 saturated carbocycles. The number of nitrogens with zero attached hydrogens (tertiary/aromatic N) is 1. The van der Waals surface area contributed by atoms with E-state index in [1.807, 2.05) is 24.3 Å². The Labute approximate surface area is 125 Å². The summed E-state index contributed by atoms with van der Waals surface area (Å²) >= 11 is 0. The van der Waals surface area contributed by atoms with E-state index in [9.17, 15) is 0 Å². The summed E-state index contributed by atoms with van der Waals surface area (Å²) in [6, 6.07) is 18.7. The Morgan fingerprint density at radius 2 is 1.86 bits per heavy atom. The summed E-state index contributed by atoms with van der Waals surface area (Å²) in [5.74, 6) is 0. The monoisotopic (exact) mass is 274 g/mol. The highest BCUT2D eigenvalue weighted by Crippen LogP contribution is 2.18. The van der Waals surface area contributed by atoms with Crippen molar-refractivity contribution in [2.45, 2.75) is 13.5 Å². The molecule has 0 bridgehead atoms. The van der Waals surface area contributed by atoms with Gasteiger partial charge in [0.05, 0.1) is 5.52 Å². The topological polar surface area (TPSA) is 24.9 Å². The van der Waals surface area contributed by atoms with E-state index in [4.69, 9.17) is 0 Å². The summed E-state index contributed by atoms with van der Waals surface area (Å²) in [5, 5.41) is 4.63. The SMILES string of the molecule is C=Cc1ccc(NCc2cc3ccccc3nc2C)cc1. The van der Waals surface area contributed by atoms with Crippen LogP contribution in [-0.4, -0.2) is 4.98 Å². The molecular weight excluding hydrogens is 256 g/mol. The first-order chi connectivity index (χ1) is 10.3. The van der Waals surface area contributed by atoms with Crippen LogP contribution in [-0.2, 0) is 6.54 Å². The Bertz CT molecular complexity index is 773. The molecule has 104 valence electrons. The van der Waals surface area contributed by atoms with Gasteiger partial charge in [0.25, 0.3) is 0 Å². The maximum atomic E-state index is 4.66. The average molecular weight is 274 g/mol. The normalized spacial score (nSPS) is 10.5. The van der Waals surface area contributed by atoms with E-state index >= 15 is 0 Å². The largest absolute Gasteiger partial charge is 0.381 e. The number of fused-ring (bicyclic) bond motifs is 1. The molecule has 3 rings (SSSR count). The minimum atomic E-state index is 0.775. The van der Waals surface area contributed by atoms with E-state index in [0.717, 1.165) is 29.0 Å². The zero-order chi connectivity index (χ0) is 14.7. The van der Waals surface area contributed by atoms with Gasteiger partial charge >= 0.3 is 0 Å². The Morgan fingerprint density at radius 1 is 1.10 bits per heavy atom. The highest BCUT2D eigenvalue weighted by molar-refractivity contribution is 5.79. The molecule has 21 heavy (non-hydrogen) atoms. The summed E-state index contributed by atoms with van der Waals surface area (Å²) in [4.78, 5) is 4.66. The zero-order valence-corrected chi connectivity index (χ0v) is 12.1. The number of aromatic nitrogens is 1. The Hall–Kier alpha value is -2.61. The maximum Gasteiger partial charge on any atom is 0.0705 e. The third kappa shape index (κ3) is 2.95. The van der Waals surface area contributed by atoms with Crippen LogP contribution >= 0.6 is 0 Å². The van der Waals surface area contributed by atoms with Gasteiger partial charge < -0.3 is 5.32 Å². The minimum absolute atomic E-state index is 0.775. The third-order valence-electron chi connectivity index (χ3n) is 3.65. The van der Waals surface area contributed by atoms with E-state index in [2.05, 4.69) is 60.2 Å². The van der Waals surface area contributed by atoms with Crippen molar-refractivity contribution in [3.63, 3.8) is 0 Å². The summed E-state index contributed by atoms with van der Waals surface area (Å²) in [7, 11) is 0. The number of nitrogens with one attached hydrogen (secondary N) is 1. The van der Waals surface area contributed by atoms with Crippen LogP contribution in [0, 0.1) is 6.92 Å². The smallest absolute Gasteiger partial charge is 0.0705 e. The van der Waals surface area contributed by atoms with Crippen molar-refractivity contribution < 1.29 is 0 Å². The predicted octanol–water partition coefficient (Wildman–Crippen LogP) is 4.80. The number of para-hydroxylation sites is 1. The first kappa shape index (κ1) is 13.4. The second kappa shape index (κ2) is 5.80. The van der Waals surface area contributed by atoms with Crippen molar-refractivity contribution >= 4 is 22.7 Å². The van der Waals surface area contributed by atoms with E-state index in [1.165, 1.54) is 10.9 Å². The molecular formula is C19H18N2. The fraction of sp³-hybridized carbons (Fsp3) is 0.105. The number of rotatable bonds is 4. The molecule has 1 heterocycles. The fourth-order valence-corrected chi connectivity index (χ4v) is 2.37. The van der Waals surface area contributed by atoms with Crippen LogP contribution in [0.2, 0.25) is 0 Å². The van der Waals surface area contributed by atoms with Crippen LogP contribution in [0.15, 0.2) is 61.2 Å². The Kier molecular flexibility index (Phi) is 3.69. The molecule has 0 fully saturated rings. The molecule has 0 amide bonds. The molecule has 0 aliphatic rings. The van der Waals surface area contributed by atoms with E-state index < -0.39 is 0 Å². The maximum absolute atomic E-state index is 4.66. The Morgan fingerprint density at radius 3 is 2.62 bits per heavy atom. The lowest BCUT2D eigenvalue weighted by Crippen LogP contribution is -2.02. The van der Waals surface area contributed by atoms with Crippen molar-refractivity contribution in [1.29, 1.82) is 0 Å². The molecule has 2 heteroatoms. The van der Waals surface area contributed by atoms with Crippen LogP contribution in [0.5, 0.6) is 0 Å². The number of pyridine rings is 1. The molecule has 0 saturated heterocycles. The first-order valence-corrected chi connectivity index (χ1v) is 7.08. The molecule has 2 aromatic carbocycles. The van der Waals surface area contributed by atoms with Gasteiger partial charge in [-0.25, -0.2) is 0 Å². The van der Waals surface area contributed by atoms with E-state index in [0.29, 0.717) is 0 Å².